The topological polar surface area (TPSA) is 81.4 Å². The highest BCUT2D eigenvalue weighted by Crippen LogP contribution is 2.22. The van der Waals surface area contributed by atoms with Crippen LogP contribution in [-0.4, -0.2) is 11.8 Å². The number of hydrogen-bond donors (Lipinski definition) is 2. The minimum atomic E-state index is -0.566. The zero-order chi connectivity index (χ0) is 18.5. The summed E-state index contributed by atoms with van der Waals surface area (Å²) < 4.78 is 18.5. The number of primary amides is 1. The molecular formula is C20H15FN2O3. The van der Waals surface area contributed by atoms with Gasteiger partial charge in [0, 0.05) is 16.8 Å². The summed E-state index contributed by atoms with van der Waals surface area (Å²) in [5.41, 5.74) is 6.43. The quantitative estimate of drug-likeness (QED) is 0.730. The molecule has 0 heterocycles. The summed E-state index contributed by atoms with van der Waals surface area (Å²) in [5, 5.41) is 2.70. The van der Waals surface area contributed by atoms with Gasteiger partial charge in [0.05, 0.1) is 0 Å². The van der Waals surface area contributed by atoms with Crippen LogP contribution in [0.1, 0.15) is 20.7 Å². The van der Waals surface area contributed by atoms with Crippen LogP contribution in [0, 0.1) is 5.82 Å². The fourth-order valence-corrected chi connectivity index (χ4v) is 2.27. The minimum Gasteiger partial charge on any atom is -0.457 e. The Labute approximate surface area is 149 Å². The number of hydrogen-bond acceptors (Lipinski definition) is 3. The third-order valence-corrected chi connectivity index (χ3v) is 3.57. The van der Waals surface area contributed by atoms with Crippen LogP contribution in [0.25, 0.3) is 0 Å². The number of nitrogens with one attached hydrogen (secondary N) is 1. The fraction of sp³-hybridized carbons (Fsp3) is 0. The third kappa shape index (κ3) is 4.24. The van der Waals surface area contributed by atoms with Gasteiger partial charge < -0.3 is 15.8 Å². The summed E-state index contributed by atoms with van der Waals surface area (Å²) in [6.45, 7) is 0. The normalized spacial score (nSPS) is 10.2. The average Bonchev–Trinajstić information content (AvgIpc) is 2.64. The lowest BCUT2D eigenvalue weighted by Gasteiger charge is -2.08. The van der Waals surface area contributed by atoms with Crippen molar-refractivity contribution in [1.82, 2.24) is 0 Å². The Morgan fingerprint density at radius 3 is 2.08 bits per heavy atom. The van der Waals surface area contributed by atoms with E-state index in [1.165, 1.54) is 30.3 Å². The van der Waals surface area contributed by atoms with E-state index < -0.39 is 5.91 Å². The molecule has 2 amide bonds. The zero-order valence-corrected chi connectivity index (χ0v) is 13.6. The van der Waals surface area contributed by atoms with Crippen molar-refractivity contribution < 1.29 is 18.7 Å². The highest BCUT2D eigenvalue weighted by molar-refractivity contribution is 6.05. The molecule has 0 aliphatic rings. The molecule has 0 fully saturated rings. The van der Waals surface area contributed by atoms with Crippen LogP contribution in [0.15, 0.2) is 72.8 Å². The molecule has 0 aromatic heterocycles. The number of carbonyl (C=O) groups excluding carboxylic acids is 2. The number of carbonyl (C=O) groups is 2. The Kier molecular flexibility index (Phi) is 4.94. The summed E-state index contributed by atoms with van der Waals surface area (Å²) in [4.78, 5) is 23.5. The second kappa shape index (κ2) is 7.48. The maximum absolute atomic E-state index is 12.9. The molecule has 0 aliphatic carbocycles. The van der Waals surface area contributed by atoms with Crippen LogP contribution in [0.2, 0.25) is 0 Å². The second-order valence-electron chi connectivity index (χ2n) is 5.48. The Bertz CT molecular complexity index is 938. The minimum absolute atomic E-state index is 0.311. The van der Waals surface area contributed by atoms with Crippen LogP contribution in [0.5, 0.6) is 11.5 Å². The van der Waals surface area contributed by atoms with Gasteiger partial charge in [-0.2, -0.15) is 0 Å². The molecule has 0 aliphatic heterocycles. The predicted molar refractivity (Wildman–Crippen MR) is 95.8 cm³/mol. The van der Waals surface area contributed by atoms with Crippen molar-refractivity contribution in [2.24, 2.45) is 5.73 Å². The van der Waals surface area contributed by atoms with E-state index >= 15 is 0 Å². The van der Waals surface area contributed by atoms with Crippen molar-refractivity contribution in [3.05, 3.63) is 89.7 Å². The van der Waals surface area contributed by atoms with E-state index in [1.807, 2.05) is 0 Å². The summed E-state index contributed by atoms with van der Waals surface area (Å²) in [6, 6.07) is 18.5. The van der Waals surface area contributed by atoms with Crippen molar-refractivity contribution in [2.45, 2.75) is 0 Å². The molecule has 0 unspecified atom stereocenters. The molecule has 0 radical (unpaired) electrons. The van der Waals surface area contributed by atoms with Gasteiger partial charge in [0.15, 0.2) is 0 Å². The van der Waals surface area contributed by atoms with Gasteiger partial charge in [0.1, 0.15) is 17.3 Å². The van der Waals surface area contributed by atoms with Gasteiger partial charge >= 0.3 is 0 Å². The Balaban J connectivity index is 1.68. The van der Waals surface area contributed by atoms with Gasteiger partial charge in [-0.3, -0.25) is 9.59 Å². The van der Waals surface area contributed by atoms with Gasteiger partial charge in [0.2, 0.25) is 5.91 Å². The van der Waals surface area contributed by atoms with Crippen molar-refractivity contribution in [1.29, 1.82) is 0 Å². The molecule has 6 heteroatoms. The average molecular weight is 350 g/mol. The van der Waals surface area contributed by atoms with E-state index in [9.17, 15) is 14.0 Å². The first kappa shape index (κ1) is 17.2. The first-order valence-corrected chi connectivity index (χ1v) is 7.76. The standard InChI is InChI=1S/C20H15FN2O3/c21-15-6-10-18(11-7-15)26-17-8-4-13(5-9-17)20(25)23-16-3-1-2-14(12-16)19(22)24/h1-12H,(H2,22,24)(H,23,25). The smallest absolute Gasteiger partial charge is 0.255 e. The maximum Gasteiger partial charge on any atom is 0.255 e. The van der Waals surface area contributed by atoms with Crippen molar-refractivity contribution in [3.8, 4) is 11.5 Å². The van der Waals surface area contributed by atoms with Crippen molar-refractivity contribution in [3.63, 3.8) is 0 Å². The first-order valence-electron chi connectivity index (χ1n) is 7.76. The van der Waals surface area contributed by atoms with Gasteiger partial charge in [-0.1, -0.05) is 6.07 Å². The van der Waals surface area contributed by atoms with E-state index in [0.717, 1.165) is 0 Å². The Hall–Kier alpha value is -3.67. The molecule has 3 aromatic carbocycles. The monoisotopic (exact) mass is 350 g/mol. The van der Waals surface area contributed by atoms with Crippen molar-refractivity contribution in [2.75, 3.05) is 5.32 Å². The summed E-state index contributed by atoms with van der Waals surface area (Å²) in [7, 11) is 0. The molecule has 26 heavy (non-hydrogen) atoms. The molecule has 3 N–H and O–H groups in total. The predicted octanol–water partition coefficient (Wildman–Crippen LogP) is 3.97. The molecule has 0 atom stereocenters. The SMILES string of the molecule is NC(=O)c1cccc(NC(=O)c2ccc(Oc3ccc(F)cc3)cc2)c1. The number of rotatable bonds is 5. The molecule has 0 spiro atoms. The van der Waals surface area contributed by atoms with Gasteiger partial charge in [-0.15, -0.1) is 0 Å². The first-order chi connectivity index (χ1) is 12.5. The molecule has 5 nitrogen and oxygen atoms in total. The zero-order valence-electron chi connectivity index (χ0n) is 13.6. The summed E-state index contributed by atoms with van der Waals surface area (Å²) in [6.07, 6.45) is 0. The lowest BCUT2D eigenvalue weighted by atomic mass is 10.1. The number of nitrogens with two attached hydrogens (primary N) is 1. The highest BCUT2D eigenvalue weighted by Gasteiger charge is 2.08. The van der Waals surface area contributed by atoms with Crippen LogP contribution in [0.3, 0.4) is 0 Å². The number of halogens is 1. The van der Waals surface area contributed by atoms with Crippen molar-refractivity contribution >= 4 is 17.5 Å². The molecule has 0 bridgehead atoms. The molecule has 3 rings (SSSR count). The second-order valence-corrected chi connectivity index (χ2v) is 5.48. The van der Waals surface area contributed by atoms with Gasteiger partial charge in [0.25, 0.3) is 5.91 Å². The fourth-order valence-electron chi connectivity index (χ4n) is 2.27. The van der Waals surface area contributed by atoms with E-state index in [-0.39, 0.29) is 11.7 Å². The van der Waals surface area contributed by atoms with E-state index in [0.29, 0.717) is 28.3 Å². The Morgan fingerprint density at radius 2 is 1.46 bits per heavy atom. The molecule has 0 saturated heterocycles. The molecule has 130 valence electrons. The lowest BCUT2D eigenvalue weighted by molar-refractivity contribution is 0.0996. The molecule has 3 aromatic rings. The molecular weight excluding hydrogens is 335 g/mol. The largest absolute Gasteiger partial charge is 0.457 e. The van der Waals surface area contributed by atoms with E-state index in [4.69, 9.17) is 10.5 Å². The third-order valence-electron chi connectivity index (χ3n) is 3.57. The number of benzene rings is 3. The summed E-state index contributed by atoms with van der Waals surface area (Å²) >= 11 is 0. The lowest BCUT2D eigenvalue weighted by Crippen LogP contribution is -2.14. The van der Waals surface area contributed by atoms with Crippen LogP contribution < -0.4 is 15.8 Å². The summed E-state index contributed by atoms with van der Waals surface area (Å²) in [5.74, 6) is -0.233. The number of amides is 2. The number of anilines is 1. The van der Waals surface area contributed by atoms with Crippen LogP contribution >= 0.6 is 0 Å². The van der Waals surface area contributed by atoms with E-state index in [2.05, 4.69) is 5.32 Å². The molecule has 0 saturated carbocycles. The number of ether oxygens (including phenoxy) is 1. The maximum atomic E-state index is 12.9. The van der Waals surface area contributed by atoms with Crippen LogP contribution in [0.4, 0.5) is 10.1 Å². The van der Waals surface area contributed by atoms with Gasteiger partial charge in [-0.25, -0.2) is 4.39 Å². The van der Waals surface area contributed by atoms with Crippen LogP contribution in [-0.2, 0) is 0 Å². The van der Waals surface area contributed by atoms with Gasteiger partial charge in [-0.05, 0) is 66.7 Å². The highest BCUT2D eigenvalue weighted by atomic mass is 19.1. The van der Waals surface area contributed by atoms with E-state index in [1.54, 1.807) is 42.5 Å². The Morgan fingerprint density at radius 1 is 0.846 bits per heavy atom.